The Balaban J connectivity index is 1.82. The van der Waals surface area contributed by atoms with Crippen LogP contribution < -0.4 is 5.73 Å². The van der Waals surface area contributed by atoms with Crippen LogP contribution in [0.4, 0.5) is 0 Å². The van der Waals surface area contributed by atoms with Crippen molar-refractivity contribution in [2.24, 2.45) is 12.8 Å². The third kappa shape index (κ3) is 4.19. The van der Waals surface area contributed by atoms with Crippen molar-refractivity contribution in [3.05, 3.63) is 54.1 Å². The Morgan fingerprint density at radius 2 is 2.05 bits per heavy atom. The maximum Gasteiger partial charge on any atom is 0.122 e. The van der Waals surface area contributed by atoms with Gasteiger partial charge in [0.1, 0.15) is 5.82 Å². The Morgan fingerprint density at radius 3 is 2.68 bits per heavy atom. The van der Waals surface area contributed by atoms with Gasteiger partial charge in [-0.1, -0.05) is 30.3 Å². The topological polar surface area (TPSA) is 47.1 Å². The molecule has 1 atom stereocenters. The summed E-state index contributed by atoms with van der Waals surface area (Å²) in [5, 5.41) is 0. The first kappa shape index (κ1) is 13.8. The van der Waals surface area contributed by atoms with Crippen LogP contribution in [0.1, 0.15) is 11.4 Å². The molecule has 0 aliphatic rings. The molecule has 2 rings (SSSR count). The molecule has 2 aromatic rings. The number of rotatable bonds is 6. The van der Waals surface area contributed by atoms with E-state index in [2.05, 4.69) is 41.2 Å². The molecular formula is C15H22N4. The van der Waals surface area contributed by atoms with Gasteiger partial charge in [-0.15, -0.1) is 0 Å². The summed E-state index contributed by atoms with van der Waals surface area (Å²) in [4.78, 5) is 6.55. The zero-order valence-electron chi connectivity index (χ0n) is 11.7. The maximum absolute atomic E-state index is 6.20. The van der Waals surface area contributed by atoms with E-state index < -0.39 is 0 Å². The predicted octanol–water partition coefficient (Wildman–Crippen LogP) is 1.42. The van der Waals surface area contributed by atoms with Gasteiger partial charge in [0.25, 0.3) is 0 Å². The minimum absolute atomic E-state index is 0.146. The van der Waals surface area contributed by atoms with Crippen LogP contribution in [-0.2, 0) is 20.0 Å². The summed E-state index contributed by atoms with van der Waals surface area (Å²) in [7, 11) is 4.10. The largest absolute Gasteiger partial charge is 0.337 e. The molecule has 0 aliphatic heterocycles. The molecule has 0 saturated carbocycles. The Labute approximate surface area is 114 Å². The lowest BCUT2D eigenvalue weighted by Crippen LogP contribution is -2.36. The fourth-order valence-corrected chi connectivity index (χ4v) is 2.24. The van der Waals surface area contributed by atoms with Gasteiger partial charge in [-0.25, -0.2) is 4.98 Å². The van der Waals surface area contributed by atoms with Gasteiger partial charge < -0.3 is 10.3 Å². The van der Waals surface area contributed by atoms with Crippen LogP contribution in [-0.4, -0.2) is 34.1 Å². The van der Waals surface area contributed by atoms with Gasteiger partial charge >= 0.3 is 0 Å². The number of aryl methyl sites for hydroxylation is 1. The minimum atomic E-state index is 0.146. The van der Waals surface area contributed by atoms with Crippen molar-refractivity contribution in [1.29, 1.82) is 0 Å². The number of aromatic nitrogens is 2. The van der Waals surface area contributed by atoms with E-state index >= 15 is 0 Å². The van der Waals surface area contributed by atoms with E-state index in [0.29, 0.717) is 0 Å². The highest BCUT2D eigenvalue weighted by molar-refractivity contribution is 5.15. The third-order valence-corrected chi connectivity index (χ3v) is 3.22. The fraction of sp³-hybridized carbons (Fsp3) is 0.400. The molecule has 2 N–H and O–H groups in total. The first-order chi connectivity index (χ1) is 9.15. The summed E-state index contributed by atoms with van der Waals surface area (Å²) in [6.45, 7) is 1.69. The molecule has 0 fully saturated rings. The summed E-state index contributed by atoms with van der Waals surface area (Å²) >= 11 is 0. The van der Waals surface area contributed by atoms with Crippen LogP contribution in [0.2, 0.25) is 0 Å². The van der Waals surface area contributed by atoms with Crippen LogP contribution in [0.5, 0.6) is 0 Å². The van der Waals surface area contributed by atoms with Crippen molar-refractivity contribution in [3.63, 3.8) is 0 Å². The molecule has 0 radical (unpaired) electrons. The normalized spacial score (nSPS) is 12.8. The lowest BCUT2D eigenvalue weighted by molar-refractivity contribution is 0.292. The second kappa shape index (κ2) is 6.50. The molecular weight excluding hydrogens is 236 g/mol. The SMILES string of the molecule is CN(Cc1nccn1C)CC(N)Cc1ccccc1. The van der Waals surface area contributed by atoms with E-state index in [4.69, 9.17) is 5.73 Å². The number of nitrogens with zero attached hydrogens (tertiary/aromatic N) is 3. The van der Waals surface area contributed by atoms with Crippen molar-refractivity contribution in [1.82, 2.24) is 14.5 Å². The van der Waals surface area contributed by atoms with Crippen molar-refractivity contribution in [2.75, 3.05) is 13.6 Å². The van der Waals surface area contributed by atoms with E-state index in [-0.39, 0.29) is 6.04 Å². The fourth-order valence-electron chi connectivity index (χ4n) is 2.24. The Morgan fingerprint density at radius 1 is 1.32 bits per heavy atom. The van der Waals surface area contributed by atoms with Gasteiger partial charge in [-0.3, -0.25) is 4.90 Å². The number of nitrogens with two attached hydrogens (primary N) is 1. The molecule has 1 heterocycles. The van der Waals surface area contributed by atoms with E-state index in [0.717, 1.165) is 25.3 Å². The molecule has 102 valence electrons. The van der Waals surface area contributed by atoms with Gasteiger partial charge in [-0.05, 0) is 19.0 Å². The molecule has 0 amide bonds. The van der Waals surface area contributed by atoms with Crippen molar-refractivity contribution in [3.8, 4) is 0 Å². The zero-order valence-corrected chi connectivity index (χ0v) is 11.7. The Bertz CT molecular complexity index is 492. The molecule has 0 aliphatic carbocycles. The second-order valence-corrected chi connectivity index (χ2v) is 5.10. The van der Waals surface area contributed by atoms with E-state index in [1.165, 1.54) is 5.56 Å². The average Bonchev–Trinajstić information content (AvgIpc) is 2.76. The second-order valence-electron chi connectivity index (χ2n) is 5.10. The van der Waals surface area contributed by atoms with Crippen LogP contribution in [0, 0.1) is 0 Å². The lowest BCUT2D eigenvalue weighted by Gasteiger charge is -2.21. The monoisotopic (exact) mass is 258 g/mol. The van der Waals surface area contributed by atoms with Crippen molar-refractivity contribution >= 4 is 0 Å². The zero-order chi connectivity index (χ0) is 13.7. The highest BCUT2D eigenvalue weighted by atomic mass is 15.2. The van der Waals surface area contributed by atoms with Crippen LogP contribution in [0.15, 0.2) is 42.7 Å². The molecule has 19 heavy (non-hydrogen) atoms. The van der Waals surface area contributed by atoms with Gasteiger partial charge in [0, 0.05) is 32.0 Å². The highest BCUT2D eigenvalue weighted by Gasteiger charge is 2.10. The lowest BCUT2D eigenvalue weighted by atomic mass is 10.1. The Hall–Kier alpha value is -1.65. The van der Waals surface area contributed by atoms with Crippen LogP contribution in [0.25, 0.3) is 0 Å². The van der Waals surface area contributed by atoms with E-state index in [1.807, 2.05) is 30.1 Å². The Kier molecular flexibility index (Phi) is 4.71. The molecule has 1 aromatic heterocycles. The summed E-state index contributed by atoms with van der Waals surface area (Å²) in [6, 6.07) is 10.5. The molecule has 1 aromatic carbocycles. The molecule has 0 bridgehead atoms. The molecule has 0 saturated heterocycles. The number of likely N-dealkylation sites (N-methyl/N-ethyl adjacent to an activating group) is 1. The maximum atomic E-state index is 6.20. The molecule has 1 unspecified atom stereocenters. The van der Waals surface area contributed by atoms with Gasteiger partial charge in [0.05, 0.1) is 6.54 Å². The highest BCUT2D eigenvalue weighted by Crippen LogP contribution is 2.04. The van der Waals surface area contributed by atoms with Gasteiger partial charge in [0.15, 0.2) is 0 Å². The number of hydrogen-bond donors (Lipinski definition) is 1. The van der Waals surface area contributed by atoms with Crippen LogP contribution in [0.3, 0.4) is 0 Å². The standard InChI is InChI=1S/C15H22N4/c1-18(12-15-17-8-9-19(15)2)11-14(16)10-13-6-4-3-5-7-13/h3-9,14H,10-12,16H2,1-2H3. The summed E-state index contributed by atoms with van der Waals surface area (Å²) < 4.78 is 2.04. The average molecular weight is 258 g/mol. The van der Waals surface area contributed by atoms with Crippen molar-refractivity contribution in [2.45, 2.75) is 19.0 Å². The third-order valence-electron chi connectivity index (χ3n) is 3.22. The smallest absolute Gasteiger partial charge is 0.122 e. The number of benzene rings is 1. The summed E-state index contributed by atoms with van der Waals surface area (Å²) in [6.07, 6.45) is 4.70. The molecule has 4 nitrogen and oxygen atoms in total. The number of imidazole rings is 1. The van der Waals surface area contributed by atoms with Crippen LogP contribution >= 0.6 is 0 Å². The van der Waals surface area contributed by atoms with Gasteiger partial charge in [-0.2, -0.15) is 0 Å². The van der Waals surface area contributed by atoms with Gasteiger partial charge in [0.2, 0.25) is 0 Å². The first-order valence-corrected chi connectivity index (χ1v) is 6.59. The molecule has 0 spiro atoms. The van der Waals surface area contributed by atoms with E-state index in [9.17, 15) is 0 Å². The summed E-state index contributed by atoms with van der Waals surface area (Å²) in [5.41, 5.74) is 7.50. The predicted molar refractivity (Wildman–Crippen MR) is 77.7 cm³/mol. The number of hydrogen-bond acceptors (Lipinski definition) is 3. The quantitative estimate of drug-likeness (QED) is 0.852. The summed E-state index contributed by atoms with van der Waals surface area (Å²) in [5.74, 6) is 1.06. The first-order valence-electron chi connectivity index (χ1n) is 6.59. The molecule has 4 heteroatoms. The minimum Gasteiger partial charge on any atom is -0.337 e. The van der Waals surface area contributed by atoms with E-state index in [1.54, 1.807) is 0 Å². The van der Waals surface area contributed by atoms with Crippen molar-refractivity contribution < 1.29 is 0 Å².